The minimum Gasteiger partial charge on any atom is -0.508 e. The Hall–Kier alpha value is -1.97. The molecule has 1 aromatic heterocycles. The van der Waals surface area contributed by atoms with Crippen LogP contribution in [0.25, 0.3) is 0 Å². The number of phenols is 1. The molecule has 0 saturated heterocycles. The number of nitrogens with zero attached hydrogens (tertiary/aromatic N) is 2. The van der Waals surface area contributed by atoms with Gasteiger partial charge in [0.1, 0.15) is 23.9 Å². The summed E-state index contributed by atoms with van der Waals surface area (Å²) in [6.45, 7) is 5.42. The summed E-state index contributed by atoms with van der Waals surface area (Å²) in [6.07, 6.45) is 2.00. The van der Waals surface area contributed by atoms with E-state index in [1.54, 1.807) is 24.3 Å². The van der Waals surface area contributed by atoms with E-state index in [2.05, 4.69) is 16.5 Å². The molecule has 0 unspecified atom stereocenters. The number of imidazole rings is 1. The molecule has 0 aliphatic heterocycles. The number of phenolic OH excluding ortho intramolecular Hbond substituents is 1. The highest BCUT2D eigenvalue weighted by Gasteiger charge is 2.03. The van der Waals surface area contributed by atoms with Crippen LogP contribution in [0.5, 0.6) is 11.5 Å². The van der Waals surface area contributed by atoms with Gasteiger partial charge < -0.3 is 14.4 Å². The molecule has 0 spiro atoms. The first-order valence-electron chi connectivity index (χ1n) is 5.63. The lowest BCUT2D eigenvalue weighted by Crippen LogP contribution is -1.95. The third-order valence-corrected chi connectivity index (χ3v) is 2.59. The molecule has 4 nitrogen and oxygen atoms in total. The van der Waals surface area contributed by atoms with Crippen molar-refractivity contribution in [3.05, 3.63) is 42.0 Å². The first-order chi connectivity index (χ1) is 8.19. The van der Waals surface area contributed by atoms with E-state index in [9.17, 15) is 0 Å². The summed E-state index contributed by atoms with van der Waals surface area (Å²) in [6, 6.07) is 6.68. The fourth-order valence-electron chi connectivity index (χ4n) is 1.66. The molecule has 0 bridgehead atoms. The van der Waals surface area contributed by atoms with Crippen molar-refractivity contribution < 1.29 is 9.84 Å². The fourth-order valence-corrected chi connectivity index (χ4v) is 1.66. The fraction of sp³-hybridized carbons (Fsp3) is 0.308. The van der Waals surface area contributed by atoms with Crippen LogP contribution in [0.1, 0.15) is 18.4 Å². The number of aromatic hydroxyl groups is 1. The lowest BCUT2D eigenvalue weighted by Gasteiger charge is -2.03. The van der Waals surface area contributed by atoms with Crippen LogP contribution in [0.4, 0.5) is 0 Å². The first-order valence-corrected chi connectivity index (χ1v) is 5.63. The lowest BCUT2D eigenvalue weighted by molar-refractivity contribution is 0.301. The summed E-state index contributed by atoms with van der Waals surface area (Å²) in [5.74, 6) is 1.96. The van der Waals surface area contributed by atoms with Crippen LogP contribution < -0.4 is 4.74 Å². The molecule has 2 rings (SSSR count). The molecule has 17 heavy (non-hydrogen) atoms. The van der Waals surface area contributed by atoms with Crippen molar-refractivity contribution >= 4 is 0 Å². The standard InChI is InChI=1S/C13H16N2O2/c1-3-15-8-11(14-10(15)2)9-17-13-6-4-12(16)5-7-13/h4-8,16H,3,9H2,1-2H3. The van der Waals surface area contributed by atoms with Gasteiger partial charge in [-0.1, -0.05) is 0 Å². The normalized spacial score (nSPS) is 10.5. The van der Waals surface area contributed by atoms with Crippen LogP contribution >= 0.6 is 0 Å². The van der Waals surface area contributed by atoms with Gasteiger partial charge in [0.05, 0.1) is 5.69 Å². The zero-order chi connectivity index (χ0) is 12.3. The Labute approximate surface area is 100 Å². The van der Waals surface area contributed by atoms with Crippen LogP contribution in [0.2, 0.25) is 0 Å². The minimum absolute atomic E-state index is 0.239. The average molecular weight is 232 g/mol. The monoisotopic (exact) mass is 232 g/mol. The summed E-state index contributed by atoms with van der Waals surface area (Å²) >= 11 is 0. The molecule has 0 amide bonds. The second-order valence-corrected chi connectivity index (χ2v) is 3.85. The van der Waals surface area contributed by atoms with Crippen LogP contribution in [-0.4, -0.2) is 14.7 Å². The van der Waals surface area contributed by atoms with Gasteiger partial charge in [0.25, 0.3) is 0 Å². The zero-order valence-corrected chi connectivity index (χ0v) is 10.1. The number of aryl methyl sites for hydroxylation is 2. The maximum absolute atomic E-state index is 9.14. The largest absolute Gasteiger partial charge is 0.508 e. The molecule has 90 valence electrons. The van der Waals surface area contributed by atoms with E-state index in [0.717, 1.165) is 23.8 Å². The zero-order valence-electron chi connectivity index (χ0n) is 10.1. The topological polar surface area (TPSA) is 47.3 Å². The predicted octanol–water partition coefficient (Wildman–Crippen LogP) is 2.50. The SMILES string of the molecule is CCn1cc(COc2ccc(O)cc2)nc1C. The predicted molar refractivity (Wildman–Crippen MR) is 65.1 cm³/mol. The Morgan fingerprint density at radius 2 is 2.00 bits per heavy atom. The molecule has 1 N–H and O–H groups in total. The maximum Gasteiger partial charge on any atom is 0.132 e. The number of rotatable bonds is 4. The van der Waals surface area contributed by atoms with Crippen LogP contribution in [0, 0.1) is 6.92 Å². The van der Waals surface area contributed by atoms with Crippen LogP contribution in [-0.2, 0) is 13.2 Å². The van der Waals surface area contributed by atoms with E-state index < -0.39 is 0 Å². The van der Waals surface area contributed by atoms with Gasteiger partial charge in [-0.3, -0.25) is 0 Å². The van der Waals surface area contributed by atoms with E-state index in [4.69, 9.17) is 9.84 Å². The Bertz CT molecular complexity index is 489. The van der Waals surface area contributed by atoms with Gasteiger partial charge in [-0.25, -0.2) is 4.98 Å². The van der Waals surface area contributed by atoms with E-state index >= 15 is 0 Å². The highest BCUT2D eigenvalue weighted by molar-refractivity contribution is 5.30. The molecule has 4 heteroatoms. The molecule has 2 aromatic rings. The Morgan fingerprint density at radius 1 is 1.29 bits per heavy atom. The van der Waals surface area contributed by atoms with E-state index in [1.807, 2.05) is 13.1 Å². The quantitative estimate of drug-likeness (QED) is 0.881. The van der Waals surface area contributed by atoms with E-state index in [1.165, 1.54) is 0 Å². The van der Waals surface area contributed by atoms with Crippen molar-refractivity contribution in [3.63, 3.8) is 0 Å². The number of hydrogen-bond donors (Lipinski definition) is 1. The highest BCUT2D eigenvalue weighted by Crippen LogP contribution is 2.17. The molecular weight excluding hydrogens is 216 g/mol. The lowest BCUT2D eigenvalue weighted by atomic mass is 10.3. The first kappa shape index (κ1) is 11.5. The van der Waals surface area contributed by atoms with Gasteiger partial charge in [0.15, 0.2) is 0 Å². The third-order valence-electron chi connectivity index (χ3n) is 2.59. The molecule has 1 heterocycles. The van der Waals surface area contributed by atoms with E-state index in [-0.39, 0.29) is 5.75 Å². The Balaban J connectivity index is 1.99. The van der Waals surface area contributed by atoms with Gasteiger partial charge in [0, 0.05) is 12.7 Å². The van der Waals surface area contributed by atoms with Crippen molar-refractivity contribution in [3.8, 4) is 11.5 Å². The molecule has 1 aromatic carbocycles. The summed E-state index contributed by atoms with van der Waals surface area (Å²) < 4.78 is 7.65. The maximum atomic E-state index is 9.14. The van der Waals surface area contributed by atoms with Crippen LogP contribution in [0.15, 0.2) is 30.5 Å². The number of aromatic nitrogens is 2. The number of benzene rings is 1. The molecule has 0 atom stereocenters. The van der Waals surface area contributed by atoms with Crippen molar-refractivity contribution in [2.24, 2.45) is 0 Å². The van der Waals surface area contributed by atoms with Crippen molar-refractivity contribution in [1.82, 2.24) is 9.55 Å². The summed E-state index contributed by atoms with van der Waals surface area (Å²) in [5, 5.41) is 9.14. The van der Waals surface area contributed by atoms with Crippen molar-refractivity contribution in [2.45, 2.75) is 27.0 Å². The molecule has 0 aliphatic carbocycles. The summed E-state index contributed by atoms with van der Waals surface area (Å²) in [7, 11) is 0. The Kier molecular flexibility index (Phi) is 3.32. The number of ether oxygens (including phenoxy) is 1. The smallest absolute Gasteiger partial charge is 0.132 e. The van der Waals surface area contributed by atoms with Crippen LogP contribution in [0.3, 0.4) is 0 Å². The minimum atomic E-state index is 0.239. The van der Waals surface area contributed by atoms with Gasteiger partial charge >= 0.3 is 0 Å². The highest BCUT2D eigenvalue weighted by atomic mass is 16.5. The molecule has 0 saturated carbocycles. The third kappa shape index (κ3) is 2.78. The summed E-state index contributed by atoms with van der Waals surface area (Å²) in [4.78, 5) is 4.40. The average Bonchev–Trinajstić information content (AvgIpc) is 2.69. The molecule has 0 aliphatic rings. The van der Waals surface area contributed by atoms with Crippen molar-refractivity contribution in [1.29, 1.82) is 0 Å². The second-order valence-electron chi connectivity index (χ2n) is 3.85. The van der Waals surface area contributed by atoms with Gasteiger partial charge in [0.2, 0.25) is 0 Å². The Morgan fingerprint density at radius 3 is 2.59 bits per heavy atom. The molecule has 0 radical (unpaired) electrons. The van der Waals surface area contributed by atoms with E-state index in [0.29, 0.717) is 6.61 Å². The number of hydrogen-bond acceptors (Lipinski definition) is 3. The van der Waals surface area contributed by atoms with Gasteiger partial charge in [-0.15, -0.1) is 0 Å². The van der Waals surface area contributed by atoms with Crippen molar-refractivity contribution in [2.75, 3.05) is 0 Å². The van der Waals surface area contributed by atoms with Gasteiger partial charge in [-0.05, 0) is 38.1 Å². The second kappa shape index (κ2) is 4.91. The molecular formula is C13H16N2O2. The summed E-state index contributed by atoms with van der Waals surface area (Å²) in [5.41, 5.74) is 0.914. The van der Waals surface area contributed by atoms with Gasteiger partial charge in [-0.2, -0.15) is 0 Å². The molecule has 0 fully saturated rings.